The van der Waals surface area contributed by atoms with Gasteiger partial charge in [-0.05, 0) is 52.4 Å². The first-order valence-electron chi connectivity index (χ1n) is 11.5. The van der Waals surface area contributed by atoms with Gasteiger partial charge < -0.3 is 14.8 Å². The topological polar surface area (TPSA) is 30.5 Å². The molecule has 0 unspecified atom stereocenters. The van der Waals surface area contributed by atoms with Gasteiger partial charge in [-0.1, -0.05) is 92.7 Å². The number of rotatable bonds is 10. The minimum Gasteiger partial charge on any atom is -0.485 e. The lowest BCUT2D eigenvalue weighted by atomic mass is 10.0. The van der Waals surface area contributed by atoms with Gasteiger partial charge in [-0.2, -0.15) is 0 Å². The summed E-state index contributed by atoms with van der Waals surface area (Å²) >= 11 is 0. The van der Waals surface area contributed by atoms with Crippen molar-refractivity contribution in [2.75, 3.05) is 5.32 Å². The zero-order valence-corrected chi connectivity index (χ0v) is 19.3. The van der Waals surface area contributed by atoms with Crippen molar-refractivity contribution >= 4 is 5.69 Å². The summed E-state index contributed by atoms with van der Waals surface area (Å²) in [5.74, 6) is 2.04. The van der Waals surface area contributed by atoms with E-state index in [1.165, 1.54) is 5.56 Å². The Balaban J connectivity index is 1.46. The zero-order chi connectivity index (χ0) is 22.9. The molecule has 0 amide bonds. The lowest BCUT2D eigenvalue weighted by molar-refractivity contribution is 0.255. The van der Waals surface area contributed by atoms with Crippen molar-refractivity contribution < 1.29 is 9.47 Å². The Labute approximate surface area is 197 Å². The fraction of sp³-hybridized carbons (Fsp3) is 0.200. The Hall–Kier alpha value is -3.72. The van der Waals surface area contributed by atoms with Crippen LogP contribution in [0.25, 0.3) is 0 Å². The lowest BCUT2D eigenvalue weighted by Crippen LogP contribution is -2.03. The standard InChI is InChI=1S/C30H31NO2/c1-23(2)27-14-16-28(17-15-27)31-20-26-13-18-29(32-21-24-9-5-3-6-10-24)30(19-26)33-22-25-11-7-4-8-12-25/h3-19,23,31H,20-22H2,1-2H3. The largest absolute Gasteiger partial charge is 0.485 e. The maximum Gasteiger partial charge on any atom is 0.162 e. The van der Waals surface area contributed by atoms with Gasteiger partial charge in [-0.25, -0.2) is 0 Å². The third-order valence-corrected chi connectivity index (χ3v) is 5.56. The Morgan fingerprint density at radius 1 is 0.606 bits per heavy atom. The summed E-state index contributed by atoms with van der Waals surface area (Å²) in [5, 5.41) is 3.51. The Morgan fingerprint density at radius 3 is 1.76 bits per heavy atom. The molecular weight excluding hydrogens is 406 g/mol. The van der Waals surface area contributed by atoms with E-state index in [9.17, 15) is 0 Å². The smallest absolute Gasteiger partial charge is 0.162 e. The maximum atomic E-state index is 6.19. The van der Waals surface area contributed by atoms with Crippen LogP contribution in [0.1, 0.15) is 42.0 Å². The lowest BCUT2D eigenvalue weighted by Gasteiger charge is -2.15. The number of ether oxygens (including phenoxy) is 2. The van der Waals surface area contributed by atoms with Crippen LogP contribution in [0, 0.1) is 0 Å². The van der Waals surface area contributed by atoms with Crippen LogP contribution in [0.2, 0.25) is 0 Å². The van der Waals surface area contributed by atoms with Crippen molar-refractivity contribution in [3.8, 4) is 11.5 Å². The van der Waals surface area contributed by atoms with E-state index in [-0.39, 0.29) is 0 Å². The summed E-state index contributed by atoms with van der Waals surface area (Å²) in [6, 6.07) is 35.2. The summed E-state index contributed by atoms with van der Waals surface area (Å²) in [7, 11) is 0. The Morgan fingerprint density at radius 2 is 1.18 bits per heavy atom. The van der Waals surface area contributed by atoms with Gasteiger partial charge in [0.25, 0.3) is 0 Å². The van der Waals surface area contributed by atoms with E-state index in [0.717, 1.165) is 33.9 Å². The molecule has 1 N–H and O–H groups in total. The highest BCUT2D eigenvalue weighted by Crippen LogP contribution is 2.30. The molecule has 0 aliphatic carbocycles. The van der Waals surface area contributed by atoms with Crippen LogP contribution in [0.15, 0.2) is 103 Å². The summed E-state index contributed by atoms with van der Waals surface area (Å²) in [5.41, 5.74) is 5.84. The van der Waals surface area contributed by atoms with Crippen LogP contribution >= 0.6 is 0 Å². The molecule has 0 radical (unpaired) electrons. The van der Waals surface area contributed by atoms with Gasteiger partial charge >= 0.3 is 0 Å². The molecule has 0 aliphatic rings. The fourth-order valence-electron chi connectivity index (χ4n) is 3.56. The van der Waals surface area contributed by atoms with Crippen LogP contribution in [0.3, 0.4) is 0 Å². The minimum atomic E-state index is 0.496. The van der Waals surface area contributed by atoms with E-state index in [0.29, 0.717) is 25.7 Å². The van der Waals surface area contributed by atoms with Crippen molar-refractivity contribution in [1.82, 2.24) is 0 Å². The van der Waals surface area contributed by atoms with E-state index in [1.807, 2.05) is 42.5 Å². The number of benzene rings is 4. The first-order valence-corrected chi connectivity index (χ1v) is 11.5. The van der Waals surface area contributed by atoms with E-state index in [1.54, 1.807) is 0 Å². The molecule has 0 heterocycles. The summed E-state index contributed by atoms with van der Waals surface area (Å²) in [6.45, 7) is 6.13. The van der Waals surface area contributed by atoms with Crippen LogP contribution in [0.5, 0.6) is 11.5 Å². The average molecular weight is 438 g/mol. The first kappa shape index (κ1) is 22.5. The van der Waals surface area contributed by atoms with Crippen molar-refractivity contribution in [1.29, 1.82) is 0 Å². The predicted molar refractivity (Wildman–Crippen MR) is 136 cm³/mol. The van der Waals surface area contributed by atoms with Gasteiger partial charge in [0.2, 0.25) is 0 Å². The number of hydrogen-bond donors (Lipinski definition) is 1. The molecule has 0 fully saturated rings. The molecule has 0 spiro atoms. The van der Waals surface area contributed by atoms with Crippen LogP contribution in [-0.4, -0.2) is 0 Å². The molecule has 168 valence electrons. The van der Waals surface area contributed by atoms with Crippen molar-refractivity contribution in [2.45, 2.75) is 39.5 Å². The maximum absolute atomic E-state index is 6.19. The van der Waals surface area contributed by atoms with Gasteiger partial charge in [-0.15, -0.1) is 0 Å². The molecule has 0 aromatic heterocycles. The molecular formula is C30H31NO2. The molecule has 0 saturated heterocycles. The molecule has 3 heteroatoms. The SMILES string of the molecule is CC(C)c1ccc(NCc2ccc(OCc3ccccc3)c(OCc3ccccc3)c2)cc1. The highest BCUT2D eigenvalue weighted by atomic mass is 16.5. The zero-order valence-electron chi connectivity index (χ0n) is 19.3. The number of nitrogens with one attached hydrogen (secondary N) is 1. The molecule has 3 nitrogen and oxygen atoms in total. The second-order valence-corrected chi connectivity index (χ2v) is 8.46. The molecule has 0 saturated carbocycles. The van der Waals surface area contributed by atoms with E-state index in [2.05, 4.69) is 79.8 Å². The molecule has 0 bridgehead atoms. The average Bonchev–Trinajstić information content (AvgIpc) is 2.87. The minimum absolute atomic E-state index is 0.496. The Kier molecular flexibility index (Phi) is 7.65. The van der Waals surface area contributed by atoms with Crippen molar-refractivity contribution in [3.05, 3.63) is 125 Å². The van der Waals surface area contributed by atoms with Gasteiger partial charge in [-0.3, -0.25) is 0 Å². The van der Waals surface area contributed by atoms with Crippen LogP contribution in [0.4, 0.5) is 5.69 Å². The van der Waals surface area contributed by atoms with Gasteiger partial charge in [0.05, 0.1) is 0 Å². The molecule has 4 aromatic carbocycles. The molecule has 4 aromatic rings. The molecule has 33 heavy (non-hydrogen) atoms. The van der Waals surface area contributed by atoms with Crippen molar-refractivity contribution in [3.63, 3.8) is 0 Å². The van der Waals surface area contributed by atoms with E-state index < -0.39 is 0 Å². The molecule has 0 aliphatic heterocycles. The normalized spacial score (nSPS) is 10.8. The van der Waals surface area contributed by atoms with Gasteiger partial charge in [0.15, 0.2) is 11.5 Å². The second kappa shape index (κ2) is 11.2. The van der Waals surface area contributed by atoms with Crippen LogP contribution in [-0.2, 0) is 19.8 Å². The quantitative estimate of drug-likeness (QED) is 0.277. The highest BCUT2D eigenvalue weighted by molar-refractivity contribution is 5.48. The summed E-state index contributed by atoms with van der Waals surface area (Å²) in [4.78, 5) is 0. The fourth-order valence-corrected chi connectivity index (χ4v) is 3.56. The van der Waals surface area contributed by atoms with E-state index >= 15 is 0 Å². The third kappa shape index (κ3) is 6.63. The second-order valence-electron chi connectivity index (χ2n) is 8.46. The Bertz CT molecular complexity index is 1120. The predicted octanol–water partition coefficient (Wildman–Crippen LogP) is 7.58. The summed E-state index contributed by atoms with van der Waals surface area (Å²) in [6.07, 6.45) is 0. The molecule has 4 rings (SSSR count). The number of anilines is 1. The van der Waals surface area contributed by atoms with Crippen molar-refractivity contribution in [2.24, 2.45) is 0 Å². The van der Waals surface area contributed by atoms with Gasteiger partial charge in [0.1, 0.15) is 13.2 Å². The summed E-state index contributed by atoms with van der Waals surface area (Å²) < 4.78 is 12.3. The van der Waals surface area contributed by atoms with E-state index in [4.69, 9.17) is 9.47 Å². The van der Waals surface area contributed by atoms with Crippen LogP contribution < -0.4 is 14.8 Å². The highest BCUT2D eigenvalue weighted by Gasteiger charge is 2.09. The van der Waals surface area contributed by atoms with Gasteiger partial charge in [0, 0.05) is 12.2 Å². The monoisotopic (exact) mass is 437 g/mol. The first-order chi connectivity index (χ1) is 16.2. The molecule has 0 atom stereocenters. The third-order valence-electron chi connectivity index (χ3n) is 5.56. The number of hydrogen-bond acceptors (Lipinski definition) is 3.